The summed E-state index contributed by atoms with van der Waals surface area (Å²) >= 11 is 0. The molecule has 0 bridgehead atoms. The van der Waals surface area contributed by atoms with Crippen LogP contribution in [0.25, 0.3) is 0 Å². The SMILES string of the molecule is C[C@@]1(CN)CCC[C@@H](O)C[C@H](c2ccccc2)C1. The molecular formula is C16H25NO. The maximum Gasteiger partial charge on any atom is 0.0546 e. The summed E-state index contributed by atoms with van der Waals surface area (Å²) in [5.41, 5.74) is 7.54. The van der Waals surface area contributed by atoms with Gasteiger partial charge >= 0.3 is 0 Å². The Morgan fingerprint density at radius 3 is 2.72 bits per heavy atom. The first-order valence-electron chi connectivity index (χ1n) is 7.06. The Labute approximate surface area is 110 Å². The molecular weight excluding hydrogens is 222 g/mol. The molecule has 0 unspecified atom stereocenters. The minimum atomic E-state index is -0.155. The first-order valence-corrected chi connectivity index (χ1v) is 7.06. The number of aliphatic hydroxyl groups excluding tert-OH is 1. The molecule has 3 atom stereocenters. The minimum absolute atomic E-state index is 0.155. The van der Waals surface area contributed by atoms with E-state index in [-0.39, 0.29) is 11.5 Å². The van der Waals surface area contributed by atoms with Crippen molar-refractivity contribution in [3.8, 4) is 0 Å². The van der Waals surface area contributed by atoms with Crippen LogP contribution in [-0.2, 0) is 0 Å². The highest BCUT2D eigenvalue weighted by Crippen LogP contribution is 2.40. The van der Waals surface area contributed by atoms with Crippen LogP contribution in [-0.4, -0.2) is 17.8 Å². The molecule has 3 N–H and O–H groups in total. The number of hydrogen-bond acceptors (Lipinski definition) is 2. The van der Waals surface area contributed by atoms with Crippen LogP contribution >= 0.6 is 0 Å². The maximum absolute atomic E-state index is 10.1. The molecule has 1 fully saturated rings. The number of rotatable bonds is 2. The largest absolute Gasteiger partial charge is 0.393 e. The lowest BCUT2D eigenvalue weighted by molar-refractivity contribution is 0.106. The molecule has 100 valence electrons. The van der Waals surface area contributed by atoms with Crippen molar-refractivity contribution in [2.24, 2.45) is 11.1 Å². The van der Waals surface area contributed by atoms with Gasteiger partial charge < -0.3 is 10.8 Å². The fourth-order valence-corrected chi connectivity index (χ4v) is 3.16. The quantitative estimate of drug-likeness (QED) is 0.843. The van der Waals surface area contributed by atoms with Crippen molar-refractivity contribution in [1.82, 2.24) is 0 Å². The van der Waals surface area contributed by atoms with E-state index in [9.17, 15) is 5.11 Å². The average molecular weight is 247 g/mol. The average Bonchev–Trinajstić information content (AvgIpc) is 2.37. The molecule has 1 aromatic carbocycles. The second-order valence-electron chi connectivity index (χ2n) is 6.11. The van der Waals surface area contributed by atoms with Gasteiger partial charge in [0.25, 0.3) is 0 Å². The van der Waals surface area contributed by atoms with Crippen molar-refractivity contribution in [2.45, 2.75) is 51.0 Å². The van der Waals surface area contributed by atoms with Gasteiger partial charge in [0.1, 0.15) is 0 Å². The second-order valence-corrected chi connectivity index (χ2v) is 6.11. The molecule has 2 rings (SSSR count). The predicted molar refractivity (Wildman–Crippen MR) is 75.4 cm³/mol. The van der Waals surface area contributed by atoms with E-state index < -0.39 is 0 Å². The minimum Gasteiger partial charge on any atom is -0.393 e. The van der Waals surface area contributed by atoms with E-state index in [1.165, 1.54) is 5.56 Å². The van der Waals surface area contributed by atoms with Crippen LogP contribution in [0.2, 0.25) is 0 Å². The summed E-state index contributed by atoms with van der Waals surface area (Å²) in [6.45, 7) is 3.03. The van der Waals surface area contributed by atoms with Crippen LogP contribution in [0.1, 0.15) is 50.5 Å². The van der Waals surface area contributed by atoms with Crippen LogP contribution in [0.4, 0.5) is 0 Å². The zero-order chi connectivity index (χ0) is 13.0. The van der Waals surface area contributed by atoms with Crippen molar-refractivity contribution in [3.05, 3.63) is 35.9 Å². The highest BCUT2D eigenvalue weighted by Gasteiger charge is 2.31. The molecule has 0 aliphatic heterocycles. The lowest BCUT2D eigenvalue weighted by atomic mass is 9.71. The number of nitrogens with two attached hydrogens (primary N) is 1. The van der Waals surface area contributed by atoms with E-state index in [0.717, 1.165) is 38.6 Å². The maximum atomic E-state index is 10.1. The normalized spacial score (nSPS) is 33.7. The topological polar surface area (TPSA) is 46.2 Å². The Bertz CT molecular complexity index is 365. The van der Waals surface area contributed by atoms with Gasteiger partial charge in [-0.15, -0.1) is 0 Å². The Balaban J connectivity index is 2.19. The van der Waals surface area contributed by atoms with Gasteiger partial charge in [-0.3, -0.25) is 0 Å². The van der Waals surface area contributed by atoms with E-state index in [0.29, 0.717) is 5.92 Å². The lowest BCUT2D eigenvalue weighted by Gasteiger charge is -2.36. The first kappa shape index (κ1) is 13.6. The Hall–Kier alpha value is -0.860. The molecule has 0 spiro atoms. The van der Waals surface area contributed by atoms with Gasteiger partial charge in [-0.2, -0.15) is 0 Å². The van der Waals surface area contributed by atoms with Gasteiger partial charge in [0.2, 0.25) is 0 Å². The molecule has 1 aliphatic carbocycles. The molecule has 0 amide bonds. The van der Waals surface area contributed by atoms with Crippen molar-refractivity contribution >= 4 is 0 Å². The van der Waals surface area contributed by atoms with E-state index >= 15 is 0 Å². The van der Waals surface area contributed by atoms with Crippen LogP contribution < -0.4 is 5.73 Å². The summed E-state index contributed by atoms with van der Waals surface area (Å²) < 4.78 is 0. The number of hydrogen-bond donors (Lipinski definition) is 2. The zero-order valence-electron chi connectivity index (χ0n) is 11.3. The summed E-state index contributed by atoms with van der Waals surface area (Å²) in [6, 6.07) is 10.6. The van der Waals surface area contributed by atoms with E-state index in [2.05, 4.69) is 31.2 Å². The third-order valence-corrected chi connectivity index (χ3v) is 4.38. The van der Waals surface area contributed by atoms with Gasteiger partial charge in [-0.05, 0) is 49.1 Å². The number of benzene rings is 1. The fraction of sp³-hybridized carbons (Fsp3) is 0.625. The Morgan fingerprint density at radius 2 is 2.06 bits per heavy atom. The van der Waals surface area contributed by atoms with Gasteiger partial charge in [-0.1, -0.05) is 43.7 Å². The summed E-state index contributed by atoms with van der Waals surface area (Å²) in [6.07, 6.45) is 4.95. The van der Waals surface area contributed by atoms with Crippen LogP contribution in [0, 0.1) is 5.41 Å². The highest BCUT2D eigenvalue weighted by atomic mass is 16.3. The molecule has 1 aromatic rings. The van der Waals surface area contributed by atoms with Gasteiger partial charge in [0.05, 0.1) is 6.10 Å². The van der Waals surface area contributed by atoms with Crippen LogP contribution in [0.5, 0.6) is 0 Å². The van der Waals surface area contributed by atoms with Crippen molar-refractivity contribution < 1.29 is 5.11 Å². The molecule has 0 heterocycles. The monoisotopic (exact) mass is 247 g/mol. The van der Waals surface area contributed by atoms with E-state index in [1.54, 1.807) is 0 Å². The first-order chi connectivity index (χ1) is 8.63. The lowest BCUT2D eigenvalue weighted by Crippen LogP contribution is -2.32. The van der Waals surface area contributed by atoms with Crippen molar-refractivity contribution in [3.63, 3.8) is 0 Å². The van der Waals surface area contributed by atoms with Crippen molar-refractivity contribution in [1.29, 1.82) is 0 Å². The smallest absolute Gasteiger partial charge is 0.0546 e. The molecule has 0 radical (unpaired) electrons. The molecule has 2 heteroatoms. The fourth-order valence-electron chi connectivity index (χ4n) is 3.16. The van der Waals surface area contributed by atoms with E-state index in [1.807, 2.05) is 6.07 Å². The summed E-state index contributed by atoms with van der Waals surface area (Å²) in [5.74, 6) is 0.440. The number of aliphatic hydroxyl groups is 1. The Kier molecular flexibility index (Phi) is 4.41. The standard InChI is InChI=1S/C16H25NO/c1-16(12-17)9-5-8-15(18)10-14(11-16)13-6-3-2-4-7-13/h2-4,6-7,14-15,18H,5,8-12,17H2,1H3/t14-,15+,16+/m0/s1. The molecule has 18 heavy (non-hydrogen) atoms. The molecule has 2 nitrogen and oxygen atoms in total. The van der Waals surface area contributed by atoms with E-state index in [4.69, 9.17) is 5.73 Å². The van der Waals surface area contributed by atoms with Crippen molar-refractivity contribution in [2.75, 3.05) is 6.54 Å². The summed E-state index contributed by atoms with van der Waals surface area (Å²) in [5, 5.41) is 10.1. The third kappa shape index (κ3) is 3.33. The Morgan fingerprint density at radius 1 is 1.33 bits per heavy atom. The second kappa shape index (κ2) is 5.85. The van der Waals surface area contributed by atoms with Gasteiger partial charge in [0, 0.05) is 0 Å². The molecule has 1 aliphatic rings. The summed E-state index contributed by atoms with van der Waals surface area (Å²) in [4.78, 5) is 0. The molecule has 0 saturated heterocycles. The van der Waals surface area contributed by atoms with Gasteiger partial charge in [-0.25, -0.2) is 0 Å². The third-order valence-electron chi connectivity index (χ3n) is 4.38. The zero-order valence-corrected chi connectivity index (χ0v) is 11.3. The molecule has 0 aromatic heterocycles. The highest BCUT2D eigenvalue weighted by molar-refractivity contribution is 5.20. The van der Waals surface area contributed by atoms with Crippen LogP contribution in [0.3, 0.4) is 0 Å². The predicted octanol–water partition coefficient (Wildman–Crippen LogP) is 3.06. The van der Waals surface area contributed by atoms with Gasteiger partial charge in [0.15, 0.2) is 0 Å². The molecule has 1 saturated carbocycles. The van der Waals surface area contributed by atoms with Crippen LogP contribution in [0.15, 0.2) is 30.3 Å². The summed E-state index contributed by atoms with van der Waals surface area (Å²) in [7, 11) is 0.